The van der Waals surface area contributed by atoms with Crippen molar-refractivity contribution in [2.24, 2.45) is 0 Å². The zero-order valence-corrected chi connectivity index (χ0v) is 18.4. The van der Waals surface area contributed by atoms with Gasteiger partial charge in [-0.1, -0.05) is 38.0 Å². The molecule has 0 bridgehead atoms. The number of hydrogen-bond donors (Lipinski definition) is 0. The molecule has 7 heteroatoms. The lowest BCUT2D eigenvalue weighted by atomic mass is 10.1. The van der Waals surface area contributed by atoms with Crippen LogP contribution < -0.4 is 9.47 Å². The largest absolute Gasteiger partial charge is 0.454 e. The van der Waals surface area contributed by atoms with Gasteiger partial charge in [-0.15, -0.1) is 0 Å². The Morgan fingerprint density at radius 2 is 1.57 bits per heavy atom. The molecule has 0 amide bonds. The Hall–Kier alpha value is -2.09. The Bertz CT molecular complexity index is 952. The zero-order chi connectivity index (χ0) is 21.0. The first kappa shape index (κ1) is 21.2. The van der Waals surface area contributed by atoms with Crippen molar-refractivity contribution in [2.75, 3.05) is 33.0 Å². The summed E-state index contributed by atoms with van der Waals surface area (Å²) in [4.78, 5) is 2.67. The first-order valence-electron chi connectivity index (χ1n) is 10.8. The topological polar surface area (TPSA) is 59.1 Å². The predicted octanol–water partition coefficient (Wildman–Crippen LogP) is 3.65. The smallest absolute Gasteiger partial charge is 0.243 e. The monoisotopic (exact) mass is 430 g/mol. The van der Waals surface area contributed by atoms with Crippen LogP contribution in [0.3, 0.4) is 0 Å². The van der Waals surface area contributed by atoms with Crippen LogP contribution in [0, 0.1) is 0 Å². The fourth-order valence-electron chi connectivity index (χ4n) is 3.98. The maximum Gasteiger partial charge on any atom is 0.243 e. The van der Waals surface area contributed by atoms with Gasteiger partial charge in [0.05, 0.1) is 4.90 Å². The van der Waals surface area contributed by atoms with Crippen molar-refractivity contribution in [3.63, 3.8) is 0 Å². The molecule has 2 aliphatic rings. The van der Waals surface area contributed by atoms with Gasteiger partial charge < -0.3 is 9.47 Å². The Labute approximate surface area is 179 Å². The summed E-state index contributed by atoms with van der Waals surface area (Å²) in [6.45, 7) is 5.67. The van der Waals surface area contributed by atoms with Gasteiger partial charge in [0.15, 0.2) is 11.5 Å². The van der Waals surface area contributed by atoms with Gasteiger partial charge in [0, 0.05) is 32.7 Å². The summed E-state index contributed by atoms with van der Waals surface area (Å²) >= 11 is 0. The highest BCUT2D eigenvalue weighted by atomic mass is 32.2. The average Bonchev–Trinajstić information content (AvgIpc) is 3.23. The maximum atomic E-state index is 13.0. The molecule has 0 unspecified atom stereocenters. The molecule has 0 N–H and O–H groups in total. The third kappa shape index (κ3) is 4.79. The zero-order valence-electron chi connectivity index (χ0n) is 17.5. The minimum atomic E-state index is -3.44. The molecular formula is C23H30N2O4S. The predicted molar refractivity (Wildman–Crippen MR) is 116 cm³/mol. The summed E-state index contributed by atoms with van der Waals surface area (Å²) in [5, 5.41) is 0. The van der Waals surface area contributed by atoms with Crippen molar-refractivity contribution in [2.45, 2.75) is 44.0 Å². The molecule has 2 aromatic rings. The van der Waals surface area contributed by atoms with Crippen LogP contribution in [-0.2, 0) is 23.0 Å². The summed E-state index contributed by atoms with van der Waals surface area (Å²) in [5.74, 6) is 1.57. The Morgan fingerprint density at radius 3 is 2.30 bits per heavy atom. The molecule has 0 atom stereocenters. The number of fused-ring (bicyclic) bond motifs is 1. The van der Waals surface area contributed by atoms with Gasteiger partial charge in [-0.3, -0.25) is 4.90 Å². The molecule has 0 saturated carbocycles. The van der Waals surface area contributed by atoms with Crippen molar-refractivity contribution in [3.05, 3.63) is 53.6 Å². The number of ether oxygens (including phenoxy) is 2. The van der Waals surface area contributed by atoms with Crippen LogP contribution in [-0.4, -0.2) is 50.6 Å². The van der Waals surface area contributed by atoms with Crippen molar-refractivity contribution in [1.82, 2.24) is 9.21 Å². The summed E-state index contributed by atoms with van der Waals surface area (Å²) < 4.78 is 38.5. The molecule has 162 valence electrons. The van der Waals surface area contributed by atoms with Crippen molar-refractivity contribution in [3.8, 4) is 11.5 Å². The van der Waals surface area contributed by atoms with Gasteiger partial charge in [0.1, 0.15) is 0 Å². The van der Waals surface area contributed by atoms with Gasteiger partial charge in [-0.25, -0.2) is 8.42 Å². The van der Waals surface area contributed by atoms with Crippen LogP contribution in [0.5, 0.6) is 11.5 Å². The maximum absolute atomic E-state index is 13.0. The second kappa shape index (κ2) is 9.37. The van der Waals surface area contributed by atoms with E-state index in [0.717, 1.165) is 36.4 Å². The molecule has 4 rings (SSSR count). The molecule has 30 heavy (non-hydrogen) atoms. The average molecular weight is 431 g/mol. The van der Waals surface area contributed by atoms with Crippen molar-refractivity contribution in [1.29, 1.82) is 0 Å². The summed E-state index contributed by atoms with van der Waals surface area (Å²) in [6.07, 6.45) is 4.55. The second-order valence-electron chi connectivity index (χ2n) is 7.97. The first-order valence-corrected chi connectivity index (χ1v) is 12.2. The Balaban J connectivity index is 1.32. The van der Waals surface area contributed by atoms with E-state index in [1.807, 2.05) is 30.3 Å². The van der Waals surface area contributed by atoms with E-state index >= 15 is 0 Å². The molecule has 1 saturated heterocycles. The number of benzene rings is 2. The summed E-state index contributed by atoms with van der Waals surface area (Å²) in [5.41, 5.74) is 2.35. The van der Waals surface area contributed by atoms with E-state index in [9.17, 15) is 8.42 Å². The van der Waals surface area contributed by atoms with Gasteiger partial charge in [-0.2, -0.15) is 4.31 Å². The van der Waals surface area contributed by atoms with Crippen molar-refractivity contribution < 1.29 is 17.9 Å². The second-order valence-corrected chi connectivity index (χ2v) is 9.91. The lowest BCUT2D eigenvalue weighted by molar-refractivity contribution is 0.173. The molecule has 2 aliphatic heterocycles. The number of rotatable bonds is 8. The van der Waals surface area contributed by atoms with E-state index in [-0.39, 0.29) is 6.79 Å². The number of aryl methyl sites for hydroxylation is 1. The molecule has 6 nitrogen and oxygen atoms in total. The van der Waals surface area contributed by atoms with E-state index < -0.39 is 10.0 Å². The van der Waals surface area contributed by atoms with Crippen LogP contribution in [0.25, 0.3) is 0 Å². The Morgan fingerprint density at radius 1 is 0.867 bits per heavy atom. The van der Waals surface area contributed by atoms with Crippen molar-refractivity contribution >= 4 is 10.0 Å². The van der Waals surface area contributed by atoms with Gasteiger partial charge >= 0.3 is 0 Å². The quantitative estimate of drug-likeness (QED) is 0.598. The normalized spacial score (nSPS) is 17.4. The lowest BCUT2D eigenvalue weighted by Gasteiger charge is -2.34. The van der Waals surface area contributed by atoms with E-state index in [1.54, 1.807) is 16.4 Å². The highest BCUT2D eigenvalue weighted by Crippen LogP contribution is 2.33. The fraction of sp³-hybridized carbons (Fsp3) is 0.478. The van der Waals surface area contributed by atoms with Crippen LogP contribution >= 0.6 is 0 Å². The molecule has 2 heterocycles. The molecule has 0 spiro atoms. The van der Waals surface area contributed by atoms with E-state index in [2.05, 4.69) is 11.8 Å². The summed E-state index contributed by atoms with van der Waals surface area (Å²) in [6, 6.07) is 13.4. The van der Waals surface area contributed by atoms with E-state index in [0.29, 0.717) is 31.1 Å². The molecule has 0 aromatic heterocycles. The number of nitrogens with zero attached hydrogens (tertiary/aromatic N) is 2. The SMILES string of the molecule is CCCCCc1ccc(S(=O)(=O)N2CCN(Cc3ccc4c(c3)OCO4)CC2)cc1. The molecule has 2 aromatic carbocycles. The number of unbranched alkanes of at least 4 members (excludes halogenated alkanes) is 2. The minimum absolute atomic E-state index is 0.273. The number of piperazine rings is 1. The highest BCUT2D eigenvalue weighted by molar-refractivity contribution is 7.89. The van der Waals surface area contributed by atoms with Crippen LogP contribution in [0.15, 0.2) is 47.4 Å². The van der Waals surface area contributed by atoms with E-state index in [4.69, 9.17) is 9.47 Å². The van der Waals surface area contributed by atoms with Gasteiger partial charge in [0.2, 0.25) is 16.8 Å². The third-order valence-electron chi connectivity index (χ3n) is 5.80. The standard InChI is InChI=1S/C23H30N2O4S/c1-2-3-4-5-19-6-9-21(10-7-19)30(26,27)25-14-12-24(13-15-25)17-20-8-11-22-23(16-20)29-18-28-22/h6-11,16H,2-5,12-15,17-18H2,1H3. The van der Waals surface area contributed by atoms with Crippen LogP contribution in [0.1, 0.15) is 37.3 Å². The number of sulfonamides is 1. The van der Waals surface area contributed by atoms with Gasteiger partial charge in [0.25, 0.3) is 0 Å². The van der Waals surface area contributed by atoms with E-state index in [1.165, 1.54) is 18.4 Å². The Kier molecular flexibility index (Phi) is 6.61. The minimum Gasteiger partial charge on any atom is -0.454 e. The lowest BCUT2D eigenvalue weighted by Crippen LogP contribution is -2.48. The van der Waals surface area contributed by atoms with Gasteiger partial charge in [-0.05, 0) is 48.2 Å². The van der Waals surface area contributed by atoms with Crippen LogP contribution in [0.2, 0.25) is 0 Å². The van der Waals surface area contributed by atoms with Crippen LogP contribution in [0.4, 0.5) is 0 Å². The fourth-order valence-corrected chi connectivity index (χ4v) is 5.40. The number of hydrogen-bond acceptors (Lipinski definition) is 5. The third-order valence-corrected chi connectivity index (χ3v) is 7.72. The molecule has 1 fully saturated rings. The summed E-state index contributed by atoms with van der Waals surface area (Å²) in [7, 11) is -3.44. The highest BCUT2D eigenvalue weighted by Gasteiger charge is 2.28. The molecular weight excluding hydrogens is 400 g/mol. The first-order chi connectivity index (χ1) is 14.6. The molecule has 0 aliphatic carbocycles. The molecule has 0 radical (unpaired) electrons.